The van der Waals surface area contributed by atoms with Gasteiger partial charge in [0.25, 0.3) is 0 Å². The first-order chi connectivity index (χ1) is 18.8. The van der Waals surface area contributed by atoms with Crippen molar-refractivity contribution in [3.63, 3.8) is 0 Å². The van der Waals surface area contributed by atoms with Crippen LogP contribution in [0.5, 0.6) is 11.5 Å². The van der Waals surface area contributed by atoms with E-state index in [1.165, 1.54) is 33.8 Å². The van der Waals surface area contributed by atoms with Gasteiger partial charge < -0.3 is 14.8 Å². The Kier molecular flexibility index (Phi) is 7.19. The van der Waals surface area contributed by atoms with Crippen molar-refractivity contribution < 1.29 is 23.5 Å². The molecule has 0 aliphatic carbocycles. The molecule has 0 saturated heterocycles. The first kappa shape index (κ1) is 26.1. The fourth-order valence-electron chi connectivity index (χ4n) is 4.41. The van der Waals surface area contributed by atoms with E-state index in [0.29, 0.717) is 53.4 Å². The van der Waals surface area contributed by atoms with Crippen molar-refractivity contribution >= 4 is 28.5 Å². The number of rotatable bonds is 8. The highest BCUT2D eigenvalue weighted by Gasteiger charge is 2.36. The lowest BCUT2D eigenvalue weighted by molar-refractivity contribution is -0.128. The van der Waals surface area contributed by atoms with Gasteiger partial charge in [-0.15, -0.1) is 5.10 Å². The van der Waals surface area contributed by atoms with Crippen molar-refractivity contribution in [2.45, 2.75) is 45.3 Å². The second-order valence-electron chi connectivity index (χ2n) is 10.0. The summed E-state index contributed by atoms with van der Waals surface area (Å²) in [6.07, 6.45) is 0.664. The van der Waals surface area contributed by atoms with Crippen molar-refractivity contribution in [2.24, 2.45) is 0 Å². The Morgan fingerprint density at radius 2 is 1.77 bits per heavy atom. The molecule has 1 aromatic heterocycles. The summed E-state index contributed by atoms with van der Waals surface area (Å²) in [5.74, 6) is -0.246. The molecule has 0 spiro atoms. The molecule has 1 atom stereocenters. The molecule has 3 aromatic carbocycles. The standard InChI is InChI=1S/C29H30FN5O4/c1-4-29(2,3)31-28(37)27(19-9-11-20(30)12-10-19)35(21-13-14-24-25(17-21)39-16-15-38-24)26(36)18-34-23-8-6-5-7-22(23)32-33-34/h5-14,17,27H,4,15-16,18H2,1-3H3,(H,31,37)/t27-/m1/s1. The molecule has 1 aliphatic rings. The van der Waals surface area contributed by atoms with E-state index >= 15 is 0 Å². The second-order valence-corrected chi connectivity index (χ2v) is 10.0. The lowest BCUT2D eigenvalue weighted by Crippen LogP contribution is -2.51. The van der Waals surface area contributed by atoms with Crippen molar-refractivity contribution in [1.29, 1.82) is 0 Å². The minimum atomic E-state index is -1.11. The van der Waals surface area contributed by atoms with E-state index in [-0.39, 0.29) is 6.54 Å². The molecular weight excluding hydrogens is 501 g/mol. The summed E-state index contributed by atoms with van der Waals surface area (Å²) in [5, 5.41) is 11.4. The van der Waals surface area contributed by atoms with E-state index in [4.69, 9.17) is 9.47 Å². The molecule has 39 heavy (non-hydrogen) atoms. The molecule has 0 fully saturated rings. The van der Waals surface area contributed by atoms with Crippen LogP contribution in [0.1, 0.15) is 38.8 Å². The van der Waals surface area contributed by atoms with Gasteiger partial charge in [0.2, 0.25) is 11.8 Å². The third-order valence-corrected chi connectivity index (χ3v) is 6.82. The van der Waals surface area contributed by atoms with Gasteiger partial charge >= 0.3 is 0 Å². The van der Waals surface area contributed by atoms with Crippen LogP contribution in [0, 0.1) is 5.82 Å². The molecule has 0 bridgehead atoms. The van der Waals surface area contributed by atoms with Crippen LogP contribution in [0.3, 0.4) is 0 Å². The van der Waals surface area contributed by atoms with Crippen molar-refractivity contribution in [3.8, 4) is 11.5 Å². The smallest absolute Gasteiger partial charge is 0.249 e. The number of fused-ring (bicyclic) bond motifs is 2. The lowest BCUT2D eigenvalue weighted by Gasteiger charge is -2.35. The average molecular weight is 532 g/mol. The van der Waals surface area contributed by atoms with Crippen LogP contribution < -0.4 is 19.7 Å². The number of para-hydroxylation sites is 1. The van der Waals surface area contributed by atoms with Gasteiger partial charge in [-0.2, -0.15) is 0 Å². The maximum atomic E-state index is 14.2. The number of ether oxygens (including phenoxy) is 2. The van der Waals surface area contributed by atoms with Crippen LogP contribution >= 0.6 is 0 Å². The zero-order valence-corrected chi connectivity index (χ0v) is 22.1. The molecule has 0 radical (unpaired) electrons. The summed E-state index contributed by atoms with van der Waals surface area (Å²) >= 11 is 0. The normalized spacial score (nSPS) is 13.6. The van der Waals surface area contributed by atoms with Crippen LogP contribution in [0.4, 0.5) is 10.1 Å². The number of nitrogens with one attached hydrogen (secondary N) is 1. The highest BCUT2D eigenvalue weighted by atomic mass is 19.1. The highest BCUT2D eigenvalue weighted by Crippen LogP contribution is 2.37. The molecule has 9 nitrogen and oxygen atoms in total. The fraction of sp³-hybridized carbons (Fsp3) is 0.310. The van der Waals surface area contributed by atoms with Crippen molar-refractivity contribution in [2.75, 3.05) is 18.1 Å². The molecule has 0 saturated carbocycles. The van der Waals surface area contributed by atoms with E-state index in [2.05, 4.69) is 15.6 Å². The third-order valence-electron chi connectivity index (χ3n) is 6.82. The SMILES string of the molecule is CCC(C)(C)NC(=O)[C@@H](c1ccc(F)cc1)N(C(=O)Cn1nnc2ccccc21)c1ccc2c(c1)OCCO2. The van der Waals surface area contributed by atoms with Gasteiger partial charge in [0.1, 0.15) is 37.1 Å². The number of hydrogen-bond donors (Lipinski definition) is 1. The van der Waals surface area contributed by atoms with Gasteiger partial charge in [0.05, 0.1) is 5.52 Å². The Hall–Kier alpha value is -4.47. The fourth-order valence-corrected chi connectivity index (χ4v) is 4.41. The van der Waals surface area contributed by atoms with Gasteiger partial charge in [-0.05, 0) is 62.2 Å². The van der Waals surface area contributed by atoms with Crippen LogP contribution in [0.15, 0.2) is 66.7 Å². The molecule has 202 valence electrons. The second kappa shape index (κ2) is 10.7. The lowest BCUT2D eigenvalue weighted by atomic mass is 9.98. The average Bonchev–Trinajstić information content (AvgIpc) is 3.34. The number of amides is 2. The first-order valence-electron chi connectivity index (χ1n) is 12.8. The van der Waals surface area contributed by atoms with Crippen LogP contribution in [0.2, 0.25) is 0 Å². The van der Waals surface area contributed by atoms with E-state index in [1.54, 1.807) is 18.2 Å². The maximum absolute atomic E-state index is 14.2. The Bertz CT molecular complexity index is 1500. The minimum Gasteiger partial charge on any atom is -0.486 e. The molecule has 1 N–H and O–H groups in total. The largest absolute Gasteiger partial charge is 0.486 e. The maximum Gasteiger partial charge on any atom is 0.249 e. The van der Waals surface area contributed by atoms with Crippen LogP contribution in [0.25, 0.3) is 11.0 Å². The Labute approximate surface area is 225 Å². The molecular formula is C29H30FN5O4. The summed E-state index contributed by atoms with van der Waals surface area (Å²) in [6.45, 7) is 6.38. The Morgan fingerprint density at radius 3 is 2.51 bits per heavy atom. The molecule has 1 aliphatic heterocycles. The topological polar surface area (TPSA) is 98.6 Å². The van der Waals surface area contributed by atoms with Crippen molar-refractivity contribution in [1.82, 2.24) is 20.3 Å². The van der Waals surface area contributed by atoms with Gasteiger partial charge in [-0.25, -0.2) is 9.07 Å². The number of carbonyl (C=O) groups is 2. The minimum absolute atomic E-state index is 0.183. The number of aromatic nitrogens is 3. The Morgan fingerprint density at radius 1 is 1.05 bits per heavy atom. The number of halogens is 1. The molecule has 0 unspecified atom stereocenters. The number of carbonyl (C=O) groups excluding carboxylic acids is 2. The molecule has 2 amide bonds. The zero-order valence-electron chi connectivity index (χ0n) is 22.1. The number of hydrogen-bond acceptors (Lipinski definition) is 6. The predicted octanol–water partition coefficient (Wildman–Crippen LogP) is 4.42. The predicted molar refractivity (Wildman–Crippen MR) is 144 cm³/mol. The van der Waals surface area contributed by atoms with E-state index < -0.39 is 29.2 Å². The summed E-state index contributed by atoms with van der Waals surface area (Å²) in [6, 6.07) is 16.9. The number of benzene rings is 3. The van der Waals surface area contributed by atoms with Gasteiger partial charge in [-0.1, -0.05) is 36.4 Å². The van der Waals surface area contributed by atoms with Gasteiger partial charge in [0.15, 0.2) is 11.5 Å². The zero-order chi connectivity index (χ0) is 27.6. The highest BCUT2D eigenvalue weighted by molar-refractivity contribution is 6.02. The van der Waals surface area contributed by atoms with Gasteiger partial charge in [-0.3, -0.25) is 14.5 Å². The molecule has 5 rings (SSSR count). The quantitative estimate of drug-likeness (QED) is 0.362. The van der Waals surface area contributed by atoms with E-state index in [0.717, 1.165) is 0 Å². The summed E-state index contributed by atoms with van der Waals surface area (Å²) in [7, 11) is 0. The number of nitrogens with zero attached hydrogens (tertiary/aromatic N) is 4. The van der Waals surface area contributed by atoms with Gasteiger partial charge in [0, 0.05) is 17.3 Å². The summed E-state index contributed by atoms with van der Waals surface area (Å²) in [4.78, 5) is 29.5. The van der Waals surface area contributed by atoms with Crippen LogP contribution in [-0.4, -0.2) is 45.6 Å². The Balaban J connectivity index is 1.62. The summed E-state index contributed by atoms with van der Waals surface area (Å²) in [5.41, 5.74) is 1.66. The first-order valence-corrected chi connectivity index (χ1v) is 12.8. The molecule has 4 aromatic rings. The summed E-state index contributed by atoms with van der Waals surface area (Å²) < 4.78 is 26.9. The molecule has 10 heteroatoms. The van der Waals surface area contributed by atoms with E-state index in [9.17, 15) is 14.0 Å². The third kappa shape index (κ3) is 5.55. The molecule has 2 heterocycles. The number of anilines is 1. The van der Waals surface area contributed by atoms with Crippen LogP contribution in [-0.2, 0) is 16.1 Å². The van der Waals surface area contributed by atoms with Crippen molar-refractivity contribution in [3.05, 3.63) is 78.1 Å². The monoisotopic (exact) mass is 531 g/mol. The van der Waals surface area contributed by atoms with E-state index in [1.807, 2.05) is 45.0 Å².